The van der Waals surface area contributed by atoms with Crippen molar-refractivity contribution in [2.45, 2.75) is 37.5 Å². The summed E-state index contributed by atoms with van der Waals surface area (Å²) in [5.41, 5.74) is 2.86. The Bertz CT molecular complexity index is 405. The van der Waals surface area contributed by atoms with Crippen LogP contribution in [0.2, 0.25) is 0 Å². The highest BCUT2D eigenvalue weighted by Crippen LogP contribution is 2.47. The third kappa shape index (κ3) is 1.24. The zero-order valence-electron chi connectivity index (χ0n) is 8.75. The van der Waals surface area contributed by atoms with Crippen LogP contribution < -0.4 is 5.32 Å². The molecule has 1 N–H and O–H groups in total. The first-order valence-corrected chi connectivity index (χ1v) is 6.15. The van der Waals surface area contributed by atoms with E-state index in [4.69, 9.17) is 12.2 Å². The van der Waals surface area contributed by atoms with Crippen LogP contribution >= 0.6 is 12.2 Å². The smallest absolute Gasteiger partial charge is 0.0905 e. The van der Waals surface area contributed by atoms with Crippen molar-refractivity contribution in [2.24, 2.45) is 0 Å². The van der Waals surface area contributed by atoms with E-state index in [0.29, 0.717) is 0 Å². The SMILES string of the molecule is S=C1Nc2ccccc2C12CCCCC2. The quantitative estimate of drug-likeness (QED) is 0.666. The summed E-state index contributed by atoms with van der Waals surface area (Å²) in [5, 5.41) is 3.39. The lowest BCUT2D eigenvalue weighted by Gasteiger charge is -2.33. The topological polar surface area (TPSA) is 12.0 Å². The largest absolute Gasteiger partial charge is 0.349 e. The summed E-state index contributed by atoms with van der Waals surface area (Å²) < 4.78 is 0. The van der Waals surface area contributed by atoms with Gasteiger partial charge in [-0.05, 0) is 24.5 Å². The maximum atomic E-state index is 5.55. The highest BCUT2D eigenvalue weighted by Gasteiger charge is 2.43. The molecule has 1 fully saturated rings. The number of nitrogens with one attached hydrogen (secondary N) is 1. The van der Waals surface area contributed by atoms with Crippen molar-refractivity contribution >= 4 is 22.9 Å². The van der Waals surface area contributed by atoms with Gasteiger partial charge in [0.25, 0.3) is 0 Å². The van der Waals surface area contributed by atoms with Crippen LogP contribution in [0.1, 0.15) is 37.7 Å². The van der Waals surface area contributed by atoms with E-state index in [-0.39, 0.29) is 5.41 Å². The molecule has 78 valence electrons. The van der Waals surface area contributed by atoms with Crippen molar-refractivity contribution in [3.63, 3.8) is 0 Å². The van der Waals surface area contributed by atoms with Gasteiger partial charge in [0.15, 0.2) is 0 Å². The van der Waals surface area contributed by atoms with Crippen LogP contribution in [0.3, 0.4) is 0 Å². The summed E-state index contributed by atoms with van der Waals surface area (Å²) in [6, 6.07) is 8.60. The number of para-hydroxylation sites is 1. The molecular formula is C13H15NS. The maximum Gasteiger partial charge on any atom is 0.0905 e. The van der Waals surface area contributed by atoms with Gasteiger partial charge in [-0.1, -0.05) is 49.7 Å². The van der Waals surface area contributed by atoms with E-state index in [2.05, 4.69) is 29.6 Å². The van der Waals surface area contributed by atoms with Crippen LogP contribution in [0.4, 0.5) is 5.69 Å². The van der Waals surface area contributed by atoms with E-state index in [9.17, 15) is 0 Å². The van der Waals surface area contributed by atoms with E-state index < -0.39 is 0 Å². The van der Waals surface area contributed by atoms with Gasteiger partial charge in [-0.2, -0.15) is 0 Å². The molecule has 0 radical (unpaired) electrons. The Morgan fingerprint density at radius 1 is 1.07 bits per heavy atom. The Balaban J connectivity index is 2.11. The summed E-state index contributed by atoms with van der Waals surface area (Å²) in [4.78, 5) is 1.06. The van der Waals surface area contributed by atoms with E-state index >= 15 is 0 Å². The first-order chi connectivity index (χ1) is 7.33. The molecule has 0 atom stereocenters. The molecule has 1 nitrogen and oxygen atoms in total. The Morgan fingerprint density at radius 3 is 2.60 bits per heavy atom. The van der Waals surface area contributed by atoms with Gasteiger partial charge in [0.05, 0.1) is 4.99 Å². The number of fused-ring (bicyclic) bond motifs is 2. The monoisotopic (exact) mass is 217 g/mol. The Hall–Kier alpha value is -0.890. The molecule has 1 aliphatic heterocycles. The molecule has 0 saturated heterocycles. The van der Waals surface area contributed by atoms with Gasteiger partial charge in [-0.25, -0.2) is 0 Å². The predicted molar refractivity (Wildman–Crippen MR) is 67.4 cm³/mol. The van der Waals surface area contributed by atoms with Gasteiger partial charge >= 0.3 is 0 Å². The fourth-order valence-corrected chi connectivity index (χ4v) is 3.45. The van der Waals surface area contributed by atoms with Gasteiger partial charge in [-0.3, -0.25) is 0 Å². The van der Waals surface area contributed by atoms with Crippen molar-refractivity contribution in [1.29, 1.82) is 0 Å². The Kier molecular flexibility index (Phi) is 2.06. The summed E-state index contributed by atoms with van der Waals surface area (Å²) in [6.45, 7) is 0. The van der Waals surface area contributed by atoms with Crippen molar-refractivity contribution in [2.75, 3.05) is 5.32 Å². The first kappa shape index (κ1) is 9.34. The predicted octanol–water partition coefficient (Wildman–Crippen LogP) is 3.64. The minimum Gasteiger partial charge on any atom is -0.349 e. The fourth-order valence-electron chi connectivity index (χ4n) is 3.03. The van der Waals surface area contributed by atoms with Crippen LogP contribution in [-0.4, -0.2) is 4.99 Å². The maximum absolute atomic E-state index is 5.55. The van der Waals surface area contributed by atoms with E-state index in [1.807, 2.05) is 0 Å². The lowest BCUT2D eigenvalue weighted by molar-refractivity contribution is 0.389. The molecular weight excluding hydrogens is 202 g/mol. The first-order valence-electron chi connectivity index (χ1n) is 5.74. The van der Waals surface area contributed by atoms with Crippen molar-refractivity contribution in [3.05, 3.63) is 29.8 Å². The summed E-state index contributed by atoms with van der Waals surface area (Å²) in [6.07, 6.45) is 6.46. The van der Waals surface area contributed by atoms with Crippen molar-refractivity contribution in [1.82, 2.24) is 0 Å². The lowest BCUT2D eigenvalue weighted by atomic mass is 9.71. The van der Waals surface area contributed by atoms with E-state index in [0.717, 1.165) is 4.99 Å². The molecule has 0 unspecified atom stereocenters. The summed E-state index contributed by atoms with van der Waals surface area (Å²) in [5.74, 6) is 0. The number of benzene rings is 1. The van der Waals surface area contributed by atoms with Crippen molar-refractivity contribution < 1.29 is 0 Å². The molecule has 0 aromatic heterocycles. The average molecular weight is 217 g/mol. The third-order valence-corrected chi connectivity index (χ3v) is 4.33. The lowest BCUT2D eigenvalue weighted by Crippen LogP contribution is -2.35. The van der Waals surface area contributed by atoms with Gasteiger partial charge in [0.2, 0.25) is 0 Å². The minimum absolute atomic E-state index is 0.185. The highest BCUT2D eigenvalue weighted by molar-refractivity contribution is 7.80. The van der Waals surface area contributed by atoms with Crippen LogP contribution in [0.25, 0.3) is 0 Å². The zero-order valence-corrected chi connectivity index (χ0v) is 9.57. The van der Waals surface area contributed by atoms with Crippen molar-refractivity contribution in [3.8, 4) is 0 Å². The van der Waals surface area contributed by atoms with Crippen LogP contribution in [0.5, 0.6) is 0 Å². The second-order valence-corrected chi connectivity index (χ2v) is 5.05. The Morgan fingerprint density at radius 2 is 1.80 bits per heavy atom. The molecule has 3 rings (SSSR count). The van der Waals surface area contributed by atoms with E-state index in [1.165, 1.54) is 43.4 Å². The van der Waals surface area contributed by atoms with Gasteiger partial charge in [0.1, 0.15) is 0 Å². The normalized spacial score (nSPS) is 22.5. The van der Waals surface area contributed by atoms with Gasteiger partial charge in [-0.15, -0.1) is 0 Å². The molecule has 1 saturated carbocycles. The number of thiocarbonyl (C=S) groups is 1. The molecule has 0 bridgehead atoms. The highest BCUT2D eigenvalue weighted by atomic mass is 32.1. The molecule has 1 heterocycles. The van der Waals surface area contributed by atoms with E-state index in [1.54, 1.807) is 0 Å². The molecule has 1 aromatic rings. The summed E-state index contributed by atoms with van der Waals surface area (Å²) in [7, 11) is 0. The van der Waals surface area contributed by atoms with Crippen LogP contribution in [0, 0.1) is 0 Å². The second kappa shape index (κ2) is 3.31. The molecule has 1 spiro atoms. The average Bonchev–Trinajstić information content (AvgIpc) is 2.55. The third-order valence-electron chi connectivity index (χ3n) is 3.83. The molecule has 2 aliphatic rings. The molecule has 2 heteroatoms. The zero-order chi connectivity index (χ0) is 10.3. The van der Waals surface area contributed by atoms with Gasteiger partial charge < -0.3 is 5.32 Å². The number of anilines is 1. The standard InChI is InChI=1S/C13H15NS/c15-12-13(8-4-1-5-9-13)10-6-2-3-7-11(10)14-12/h2-3,6-7H,1,4-5,8-9H2,(H,14,15). The molecule has 15 heavy (non-hydrogen) atoms. The number of hydrogen-bond acceptors (Lipinski definition) is 1. The number of hydrogen-bond donors (Lipinski definition) is 1. The van der Waals surface area contributed by atoms with Crippen LogP contribution in [0.15, 0.2) is 24.3 Å². The molecule has 1 aliphatic carbocycles. The minimum atomic E-state index is 0.185. The molecule has 1 aromatic carbocycles. The second-order valence-electron chi connectivity index (χ2n) is 4.64. The summed E-state index contributed by atoms with van der Waals surface area (Å²) >= 11 is 5.55. The van der Waals surface area contributed by atoms with Crippen LogP contribution in [-0.2, 0) is 5.41 Å². The Labute approximate surface area is 95.9 Å². The fraction of sp³-hybridized carbons (Fsp3) is 0.462. The number of rotatable bonds is 0. The molecule has 0 amide bonds. The van der Waals surface area contributed by atoms with Gasteiger partial charge in [0, 0.05) is 11.1 Å².